The second-order valence-electron chi connectivity index (χ2n) is 6.90. The number of aliphatic hydroxyl groups excluding tert-OH is 1. The molecule has 3 heterocycles. The smallest absolute Gasteiger partial charge is 0.259 e. The molecule has 124 valence electrons. The number of nitrogens with one attached hydrogen (secondary N) is 1. The second kappa shape index (κ2) is 6.00. The lowest BCUT2D eigenvalue weighted by atomic mass is 9.92. The Hall–Kier alpha value is -1.24. The molecule has 1 saturated heterocycles. The number of rotatable bonds is 3. The number of aromatic nitrogens is 2. The van der Waals surface area contributed by atoms with Crippen molar-refractivity contribution in [3.05, 3.63) is 26.6 Å². The number of likely N-dealkylation sites (tertiary alicyclic amines) is 1. The summed E-state index contributed by atoms with van der Waals surface area (Å²) in [4.78, 5) is 24.8. The van der Waals surface area contributed by atoms with Crippen LogP contribution in [0.1, 0.15) is 42.5 Å². The van der Waals surface area contributed by atoms with Gasteiger partial charge < -0.3 is 10.1 Å². The molecule has 1 atom stereocenters. The van der Waals surface area contributed by atoms with Crippen molar-refractivity contribution in [2.45, 2.75) is 51.7 Å². The van der Waals surface area contributed by atoms with Crippen LogP contribution < -0.4 is 5.56 Å². The van der Waals surface area contributed by atoms with E-state index in [0.717, 1.165) is 61.2 Å². The van der Waals surface area contributed by atoms with Crippen molar-refractivity contribution in [1.29, 1.82) is 0 Å². The summed E-state index contributed by atoms with van der Waals surface area (Å²) in [5, 5.41) is 10.5. The van der Waals surface area contributed by atoms with Crippen molar-refractivity contribution < 1.29 is 5.11 Å². The maximum Gasteiger partial charge on any atom is 0.259 e. The number of aliphatic hydroxyl groups is 1. The van der Waals surface area contributed by atoms with Gasteiger partial charge in [-0.3, -0.25) is 9.69 Å². The van der Waals surface area contributed by atoms with Crippen molar-refractivity contribution in [3.63, 3.8) is 0 Å². The third-order valence-corrected chi connectivity index (χ3v) is 6.50. The largest absolute Gasteiger partial charge is 0.393 e. The molecule has 2 aromatic rings. The van der Waals surface area contributed by atoms with E-state index in [9.17, 15) is 9.90 Å². The molecule has 0 spiro atoms. The average molecular weight is 333 g/mol. The Morgan fingerprint density at radius 2 is 2.17 bits per heavy atom. The highest BCUT2D eigenvalue weighted by Crippen LogP contribution is 2.34. The van der Waals surface area contributed by atoms with Gasteiger partial charge in [-0.05, 0) is 63.6 Å². The van der Waals surface area contributed by atoms with Crippen molar-refractivity contribution >= 4 is 21.6 Å². The van der Waals surface area contributed by atoms with Crippen molar-refractivity contribution in [2.24, 2.45) is 5.92 Å². The lowest BCUT2D eigenvalue weighted by Crippen LogP contribution is -2.37. The Morgan fingerprint density at radius 3 is 2.91 bits per heavy atom. The Morgan fingerprint density at radius 1 is 1.39 bits per heavy atom. The van der Waals surface area contributed by atoms with E-state index in [-0.39, 0.29) is 11.7 Å². The second-order valence-corrected chi connectivity index (χ2v) is 7.99. The molecule has 0 bridgehead atoms. The zero-order chi connectivity index (χ0) is 16.0. The third-order valence-electron chi connectivity index (χ3n) is 5.31. The molecule has 1 aliphatic heterocycles. The first kappa shape index (κ1) is 15.3. The molecule has 4 rings (SSSR count). The van der Waals surface area contributed by atoms with Crippen LogP contribution in [0.2, 0.25) is 0 Å². The van der Waals surface area contributed by atoms with Gasteiger partial charge in [0.25, 0.3) is 5.56 Å². The van der Waals surface area contributed by atoms with E-state index in [1.165, 1.54) is 10.4 Å². The minimum Gasteiger partial charge on any atom is -0.393 e. The van der Waals surface area contributed by atoms with Gasteiger partial charge in [-0.25, -0.2) is 4.98 Å². The summed E-state index contributed by atoms with van der Waals surface area (Å²) >= 11 is 1.70. The van der Waals surface area contributed by atoms with Crippen LogP contribution in [0.4, 0.5) is 0 Å². The quantitative estimate of drug-likeness (QED) is 0.902. The van der Waals surface area contributed by atoms with Gasteiger partial charge in [0.2, 0.25) is 0 Å². The number of hydrogen-bond acceptors (Lipinski definition) is 5. The van der Waals surface area contributed by atoms with Crippen LogP contribution >= 0.6 is 11.3 Å². The standard InChI is InChI=1S/C17H23N3O2S/c1-10(21)11-5-7-20(8-6-11)9-14-18-16(22)15-12-3-2-4-13(12)23-17(15)19-14/h10-11,21H,2-9H2,1H3,(H,18,19,22)/t10-/m0/s1. The van der Waals surface area contributed by atoms with Crippen molar-refractivity contribution in [3.8, 4) is 0 Å². The minimum absolute atomic E-state index is 0.0308. The first-order chi connectivity index (χ1) is 11.1. The number of nitrogens with zero attached hydrogens (tertiary/aromatic N) is 2. The number of aromatic amines is 1. The molecule has 0 aromatic carbocycles. The molecule has 6 heteroatoms. The van der Waals surface area contributed by atoms with E-state index < -0.39 is 0 Å². The predicted octanol–water partition coefficient (Wildman–Crippen LogP) is 2.07. The van der Waals surface area contributed by atoms with Crippen LogP contribution in [0.5, 0.6) is 0 Å². The molecule has 2 N–H and O–H groups in total. The van der Waals surface area contributed by atoms with Gasteiger partial charge in [0, 0.05) is 4.88 Å². The monoisotopic (exact) mass is 333 g/mol. The molecule has 23 heavy (non-hydrogen) atoms. The van der Waals surface area contributed by atoms with E-state index in [4.69, 9.17) is 4.98 Å². The molecule has 0 saturated carbocycles. The molecule has 0 radical (unpaired) electrons. The van der Waals surface area contributed by atoms with E-state index in [1.54, 1.807) is 11.3 Å². The predicted molar refractivity (Wildman–Crippen MR) is 91.9 cm³/mol. The van der Waals surface area contributed by atoms with Crippen LogP contribution in [0, 0.1) is 5.92 Å². The average Bonchev–Trinajstić information content (AvgIpc) is 3.07. The summed E-state index contributed by atoms with van der Waals surface area (Å²) in [5.74, 6) is 1.18. The fraction of sp³-hybridized carbons (Fsp3) is 0.647. The highest BCUT2D eigenvalue weighted by Gasteiger charge is 2.24. The number of thiophene rings is 1. The summed E-state index contributed by atoms with van der Waals surface area (Å²) in [6.45, 7) is 4.49. The molecule has 0 unspecified atom stereocenters. The molecular weight excluding hydrogens is 310 g/mol. The van der Waals surface area contributed by atoms with E-state index in [2.05, 4.69) is 9.88 Å². The number of H-pyrrole nitrogens is 1. The maximum absolute atomic E-state index is 12.5. The normalized spacial score (nSPS) is 21.0. The van der Waals surface area contributed by atoms with Gasteiger partial charge in [-0.2, -0.15) is 0 Å². The Kier molecular flexibility index (Phi) is 3.99. The third kappa shape index (κ3) is 2.84. The molecule has 5 nitrogen and oxygen atoms in total. The fourth-order valence-corrected chi connectivity index (χ4v) is 5.21. The lowest BCUT2D eigenvalue weighted by Gasteiger charge is -2.32. The number of fused-ring (bicyclic) bond motifs is 3. The zero-order valence-electron chi connectivity index (χ0n) is 13.5. The highest BCUT2D eigenvalue weighted by atomic mass is 32.1. The topological polar surface area (TPSA) is 69.2 Å². The summed E-state index contributed by atoms with van der Waals surface area (Å²) in [6, 6.07) is 0. The summed E-state index contributed by atoms with van der Waals surface area (Å²) in [7, 11) is 0. The first-order valence-corrected chi connectivity index (χ1v) is 9.37. The SMILES string of the molecule is C[C@H](O)C1CCN(Cc2nc3sc4c(c3c(=O)[nH]2)CCC4)CC1. The van der Waals surface area contributed by atoms with Crippen molar-refractivity contribution in [2.75, 3.05) is 13.1 Å². The molecule has 1 fully saturated rings. The van der Waals surface area contributed by atoms with Gasteiger partial charge in [0.05, 0.1) is 18.0 Å². The molecule has 0 amide bonds. The number of piperidine rings is 1. The van der Waals surface area contributed by atoms with Gasteiger partial charge >= 0.3 is 0 Å². The summed E-state index contributed by atoms with van der Waals surface area (Å²) < 4.78 is 0. The van der Waals surface area contributed by atoms with E-state index >= 15 is 0 Å². The maximum atomic E-state index is 12.5. The summed E-state index contributed by atoms with van der Waals surface area (Å²) in [6.07, 6.45) is 5.08. The van der Waals surface area contributed by atoms with Gasteiger partial charge in [-0.15, -0.1) is 11.3 Å². The van der Waals surface area contributed by atoms with E-state index in [1.807, 2.05) is 6.92 Å². The molecule has 1 aliphatic carbocycles. The van der Waals surface area contributed by atoms with Crippen LogP contribution in [-0.2, 0) is 19.4 Å². The van der Waals surface area contributed by atoms with Gasteiger partial charge in [0.15, 0.2) is 0 Å². The van der Waals surface area contributed by atoms with Crippen LogP contribution in [-0.4, -0.2) is 39.2 Å². The zero-order valence-corrected chi connectivity index (χ0v) is 14.3. The van der Waals surface area contributed by atoms with Gasteiger partial charge in [0.1, 0.15) is 10.7 Å². The molecule has 2 aromatic heterocycles. The Balaban J connectivity index is 1.53. The first-order valence-electron chi connectivity index (χ1n) is 8.55. The lowest BCUT2D eigenvalue weighted by molar-refractivity contribution is 0.0687. The van der Waals surface area contributed by atoms with Crippen LogP contribution in [0.3, 0.4) is 0 Å². The van der Waals surface area contributed by atoms with Crippen molar-refractivity contribution in [1.82, 2.24) is 14.9 Å². The Bertz CT molecular complexity index is 772. The fourth-order valence-electron chi connectivity index (χ4n) is 3.93. The number of aryl methyl sites for hydroxylation is 2. The molecule has 2 aliphatic rings. The minimum atomic E-state index is -0.222. The highest BCUT2D eigenvalue weighted by molar-refractivity contribution is 7.18. The number of hydrogen-bond donors (Lipinski definition) is 2. The van der Waals surface area contributed by atoms with Crippen LogP contribution in [0.25, 0.3) is 10.2 Å². The van der Waals surface area contributed by atoms with E-state index in [0.29, 0.717) is 12.5 Å². The Labute approximate surface area is 139 Å². The molecular formula is C17H23N3O2S. The van der Waals surface area contributed by atoms with Gasteiger partial charge in [-0.1, -0.05) is 0 Å². The summed E-state index contributed by atoms with van der Waals surface area (Å²) in [5.41, 5.74) is 1.27. The van der Waals surface area contributed by atoms with Crippen LogP contribution in [0.15, 0.2) is 4.79 Å².